The number of hydrogen-bond acceptors (Lipinski definition) is 5. The summed E-state index contributed by atoms with van der Waals surface area (Å²) in [5.41, 5.74) is 0. The summed E-state index contributed by atoms with van der Waals surface area (Å²) < 4.78 is 0. The number of carboxylic acid groups (broad SMARTS) is 1. The summed E-state index contributed by atoms with van der Waals surface area (Å²) in [7, 11) is 0. The molecule has 0 spiro atoms. The predicted octanol–water partition coefficient (Wildman–Crippen LogP) is 14.9. The van der Waals surface area contributed by atoms with Crippen LogP contribution in [0.15, 0.2) is 0 Å². The van der Waals surface area contributed by atoms with Gasteiger partial charge in [0.15, 0.2) is 0 Å². The van der Waals surface area contributed by atoms with E-state index in [1.54, 1.807) is 0 Å². The highest BCUT2D eigenvalue weighted by Crippen LogP contribution is 2.24. The molecule has 0 amide bonds. The van der Waals surface area contributed by atoms with Gasteiger partial charge in [0.2, 0.25) is 0 Å². The Kier molecular flexibility index (Phi) is 78.1. The van der Waals surface area contributed by atoms with Gasteiger partial charge in [0.1, 0.15) is 6.29 Å². The molecule has 0 heterocycles. The van der Waals surface area contributed by atoms with Crippen molar-refractivity contribution in [2.45, 2.75) is 248 Å². The molecule has 0 saturated heterocycles. The van der Waals surface area contributed by atoms with Crippen molar-refractivity contribution in [1.82, 2.24) is 5.32 Å². The van der Waals surface area contributed by atoms with Gasteiger partial charge in [-0.2, -0.15) is 0 Å². The zero-order chi connectivity index (χ0) is 39.2. The van der Waals surface area contributed by atoms with Crippen molar-refractivity contribution in [3.63, 3.8) is 0 Å². The van der Waals surface area contributed by atoms with Crippen molar-refractivity contribution in [2.24, 2.45) is 5.92 Å². The molecule has 0 saturated carbocycles. The lowest BCUT2D eigenvalue weighted by atomic mass is 9.89. The van der Waals surface area contributed by atoms with E-state index >= 15 is 0 Å². The fourth-order valence-electron chi connectivity index (χ4n) is 5.84. The van der Waals surface area contributed by atoms with E-state index in [1.807, 2.05) is 13.8 Å². The lowest BCUT2D eigenvalue weighted by molar-refractivity contribution is -0.295. The van der Waals surface area contributed by atoms with Gasteiger partial charge in [-0.05, 0) is 51.6 Å². The molecule has 6 heteroatoms. The molecule has 51 heavy (non-hydrogen) atoms. The minimum Gasteiger partial charge on any atom is -0.483 e. The van der Waals surface area contributed by atoms with Crippen molar-refractivity contribution < 1.29 is 24.5 Å². The minimum atomic E-state index is -0.250. The van der Waals surface area contributed by atoms with E-state index in [4.69, 9.17) is 24.5 Å². The molecule has 1 unspecified atom stereocenters. The molecule has 0 bridgehead atoms. The van der Waals surface area contributed by atoms with Crippen LogP contribution in [-0.4, -0.2) is 44.2 Å². The summed E-state index contributed by atoms with van der Waals surface area (Å²) >= 11 is 0. The smallest absolute Gasteiger partial charge is 0.290 e. The highest BCUT2D eigenvalue weighted by Gasteiger charge is 2.08. The summed E-state index contributed by atoms with van der Waals surface area (Å²) in [6, 6.07) is 0. The van der Waals surface area contributed by atoms with Crippen LogP contribution < -0.4 is 5.32 Å². The van der Waals surface area contributed by atoms with Crippen molar-refractivity contribution in [1.29, 1.82) is 0 Å². The number of nitrogens with one attached hydrogen (secondary N) is 1. The molecule has 0 aromatic carbocycles. The van der Waals surface area contributed by atoms with Gasteiger partial charge in [0.05, 0.1) is 13.2 Å². The number of rotatable bonds is 36. The van der Waals surface area contributed by atoms with E-state index in [0.717, 1.165) is 38.3 Å². The molecule has 312 valence electrons. The second-order valence-electron chi connectivity index (χ2n) is 13.8. The first-order valence-electron chi connectivity index (χ1n) is 22.5. The van der Waals surface area contributed by atoms with Crippen LogP contribution in [0.4, 0.5) is 0 Å². The Morgan fingerprint density at radius 1 is 0.471 bits per heavy atom. The van der Waals surface area contributed by atoms with Crippen LogP contribution in [0, 0.1) is 5.92 Å². The Labute approximate surface area is 322 Å². The quantitative estimate of drug-likeness (QED) is 0.0289. The summed E-state index contributed by atoms with van der Waals surface area (Å²) in [5, 5.41) is 10.6. The summed E-state index contributed by atoms with van der Waals surface area (Å²) in [4.78, 5) is 27.8. The Morgan fingerprint density at radius 2 is 0.706 bits per heavy atom. The zero-order valence-corrected chi connectivity index (χ0v) is 36.4. The maximum atomic E-state index is 8.81. The van der Waals surface area contributed by atoms with Crippen molar-refractivity contribution in [3.05, 3.63) is 0 Å². The Hall–Kier alpha value is -0.980. The molecule has 1 atom stereocenters. The average Bonchev–Trinajstić information content (AvgIpc) is 3.13. The van der Waals surface area contributed by atoms with Crippen molar-refractivity contribution >= 4 is 12.8 Å². The third-order valence-electron chi connectivity index (χ3n) is 8.64. The first kappa shape index (κ1) is 59.3. The van der Waals surface area contributed by atoms with Crippen LogP contribution in [-0.2, 0) is 19.4 Å². The molecule has 0 aromatic rings. The Balaban J connectivity index is -0.000000566. The number of unbranched alkanes of at least 4 members (excludes halogenated alkanes) is 21. The van der Waals surface area contributed by atoms with Crippen LogP contribution in [0.2, 0.25) is 0 Å². The van der Waals surface area contributed by atoms with Gasteiger partial charge in [-0.3, -0.25) is 4.79 Å². The van der Waals surface area contributed by atoms with Crippen LogP contribution >= 0.6 is 0 Å². The van der Waals surface area contributed by atoms with Crippen LogP contribution in [0.25, 0.3) is 0 Å². The standard InChI is InChI=1S/C37H77NO2.C3H8.C2H4O.C2H6.CH2O2/c1-4-7-10-13-14-21-28-35-39-40-36-29-22-16-20-27-34-38-33-26-19-15-18-25-32-37(30-23-12-9-6-3)31-24-17-11-8-5-2;1-3-2;1-2-3;1-2;2-1-3/h37-38H,4-36H2,1-3H3;3H2,1-2H3;2H,1H3;1-2H3;1H,(H,2,3). The number of carbonyl (C=O) groups is 2. The largest absolute Gasteiger partial charge is 0.483 e. The maximum Gasteiger partial charge on any atom is 0.290 e. The predicted molar refractivity (Wildman–Crippen MR) is 227 cm³/mol. The summed E-state index contributed by atoms with van der Waals surface area (Å²) in [6.07, 6.45) is 42.2. The average molecular weight is 732 g/mol. The van der Waals surface area contributed by atoms with E-state index in [9.17, 15) is 0 Å². The number of aldehydes is 1. The van der Waals surface area contributed by atoms with Crippen molar-refractivity contribution in [2.75, 3.05) is 26.3 Å². The van der Waals surface area contributed by atoms with Gasteiger partial charge in [-0.1, -0.05) is 215 Å². The van der Waals surface area contributed by atoms with E-state index in [0.29, 0.717) is 0 Å². The first-order chi connectivity index (χ1) is 25.1. The molecule has 0 aromatic heterocycles. The minimum absolute atomic E-state index is 0.250. The molecular formula is C45H97NO5. The molecule has 0 aliphatic rings. The van der Waals surface area contributed by atoms with E-state index in [1.165, 1.54) is 200 Å². The third-order valence-corrected chi connectivity index (χ3v) is 8.64. The monoisotopic (exact) mass is 732 g/mol. The topological polar surface area (TPSA) is 84.9 Å². The molecule has 6 nitrogen and oxygen atoms in total. The fraction of sp³-hybridized carbons (Fsp3) is 0.956. The molecule has 2 N–H and O–H groups in total. The molecule has 0 aliphatic heterocycles. The van der Waals surface area contributed by atoms with Crippen LogP contribution in [0.1, 0.15) is 248 Å². The third kappa shape index (κ3) is 75.0. The SMILES string of the molecule is CC.CC=O.CCC.CCCCCCCCCOOCCCCCCCNCCCCCCCC(CCCCCC)CCCCCCC.O=CO. The Morgan fingerprint density at radius 3 is 1.02 bits per heavy atom. The van der Waals surface area contributed by atoms with Crippen LogP contribution in [0.3, 0.4) is 0 Å². The lowest BCUT2D eigenvalue weighted by Gasteiger charge is -2.17. The summed E-state index contributed by atoms with van der Waals surface area (Å²) in [5.74, 6) is 1.01. The van der Waals surface area contributed by atoms with Gasteiger partial charge < -0.3 is 15.2 Å². The molecular weight excluding hydrogens is 634 g/mol. The highest BCUT2D eigenvalue weighted by atomic mass is 17.2. The van der Waals surface area contributed by atoms with E-state index in [2.05, 4.69) is 39.9 Å². The normalized spacial score (nSPS) is 10.7. The zero-order valence-electron chi connectivity index (χ0n) is 36.4. The van der Waals surface area contributed by atoms with E-state index in [-0.39, 0.29) is 6.47 Å². The highest BCUT2D eigenvalue weighted by molar-refractivity contribution is 5.44. The van der Waals surface area contributed by atoms with Gasteiger partial charge in [-0.25, -0.2) is 9.78 Å². The maximum absolute atomic E-state index is 8.81. The van der Waals surface area contributed by atoms with E-state index < -0.39 is 0 Å². The lowest BCUT2D eigenvalue weighted by Crippen LogP contribution is -2.16. The first-order valence-corrected chi connectivity index (χ1v) is 22.5. The number of carbonyl (C=O) groups excluding carboxylic acids is 1. The fourth-order valence-corrected chi connectivity index (χ4v) is 5.84. The second-order valence-corrected chi connectivity index (χ2v) is 13.8. The Bertz CT molecular complexity index is 529. The van der Waals surface area contributed by atoms with Gasteiger partial charge in [0.25, 0.3) is 6.47 Å². The molecule has 0 aliphatic carbocycles. The second kappa shape index (κ2) is 67.2. The molecule has 0 radical (unpaired) electrons. The molecule has 0 fully saturated rings. The van der Waals surface area contributed by atoms with Gasteiger partial charge in [0, 0.05) is 0 Å². The summed E-state index contributed by atoms with van der Waals surface area (Å²) in [6.45, 7) is 20.3. The van der Waals surface area contributed by atoms with Gasteiger partial charge in [-0.15, -0.1) is 0 Å². The van der Waals surface area contributed by atoms with Crippen LogP contribution in [0.5, 0.6) is 0 Å². The molecule has 0 rings (SSSR count). The number of hydrogen-bond donors (Lipinski definition) is 2. The van der Waals surface area contributed by atoms with Gasteiger partial charge >= 0.3 is 0 Å². The van der Waals surface area contributed by atoms with Crippen molar-refractivity contribution in [3.8, 4) is 0 Å².